The standard InChI is InChI=1S/C30H30IN3O3.C24H27NO5.C6H7IN2.CH4/c1-30(2,3)37-19-15-27(28-32-25-13-12-18(31)14-26(25)33-28)34(16-19)29(35)36-17-24-22-10-6-4-8-20(22)21-9-5-7-11-23(21)24;1-24(2,3)30-15-12-21(22(26)27)25(13-15)23(28)29-14-20-18-10-6-4-8-16(18)17-9-5-7-11-19(17)20;7-4-1-2-5(8)6(9)3-4;/h4-14,19,24,27H,15-17H2,1-3H3,(H,32,33);4-11,15,20-21H,12-14H2,1-3H3,(H,26,27);1-3H,8-9H2;1H4/t19-,27?;15-,21+;;/m11../s1. The topological polar surface area (TPSA) is 196 Å². The predicted octanol–water partition coefficient (Wildman–Crippen LogP) is 13.4. The van der Waals surface area contributed by atoms with Crippen LogP contribution in [0.2, 0.25) is 0 Å². The Morgan fingerprint density at radius 1 is 0.610 bits per heavy atom. The van der Waals surface area contributed by atoms with Gasteiger partial charge < -0.3 is 40.5 Å². The molecule has 4 aliphatic rings. The lowest BCUT2D eigenvalue weighted by Gasteiger charge is -2.25. The number of nitrogens with one attached hydrogen (secondary N) is 1. The van der Waals surface area contributed by atoms with Crippen LogP contribution in [0.15, 0.2) is 133 Å². The van der Waals surface area contributed by atoms with E-state index in [0.717, 1.165) is 46.3 Å². The summed E-state index contributed by atoms with van der Waals surface area (Å²) >= 11 is 4.48. The summed E-state index contributed by atoms with van der Waals surface area (Å²) in [5.41, 5.74) is 22.8. The molecule has 2 saturated heterocycles. The molecule has 1 aromatic heterocycles. The molecule has 16 heteroatoms. The quantitative estimate of drug-likeness (QED) is 0.0835. The number of aromatic nitrogens is 2. The van der Waals surface area contributed by atoms with Gasteiger partial charge in [0.05, 0.1) is 64.9 Å². The van der Waals surface area contributed by atoms with Crippen LogP contribution in [0.3, 0.4) is 0 Å². The van der Waals surface area contributed by atoms with Crippen LogP contribution in [0.1, 0.15) is 108 Å². The van der Waals surface area contributed by atoms with Crippen LogP contribution >= 0.6 is 45.2 Å². The molecular weight excluding hydrogens is 1200 g/mol. The minimum absolute atomic E-state index is 0. The summed E-state index contributed by atoms with van der Waals surface area (Å²) in [5.74, 6) is -0.310. The van der Waals surface area contributed by atoms with E-state index in [1.807, 2.05) is 102 Å². The number of rotatable bonds is 8. The van der Waals surface area contributed by atoms with E-state index in [1.54, 1.807) is 11.0 Å². The van der Waals surface area contributed by atoms with Gasteiger partial charge in [0, 0.05) is 31.8 Å². The van der Waals surface area contributed by atoms with Gasteiger partial charge in [-0.1, -0.05) is 104 Å². The number of carbonyl (C=O) groups is 3. The molecular formula is C61H68I2N6O8. The van der Waals surface area contributed by atoms with Crippen molar-refractivity contribution in [3.63, 3.8) is 0 Å². The van der Waals surface area contributed by atoms with Gasteiger partial charge in [-0.05, 0) is 168 Å². The first-order chi connectivity index (χ1) is 36.2. The summed E-state index contributed by atoms with van der Waals surface area (Å²) in [7, 11) is 0. The number of carbonyl (C=O) groups excluding carboxylic acids is 2. The van der Waals surface area contributed by atoms with Crippen LogP contribution in [-0.2, 0) is 23.7 Å². The molecule has 2 fully saturated rings. The summed E-state index contributed by atoms with van der Waals surface area (Å²) in [4.78, 5) is 49.5. The lowest BCUT2D eigenvalue weighted by molar-refractivity contribution is -0.142. The number of halogens is 2. The van der Waals surface area contributed by atoms with E-state index < -0.39 is 23.7 Å². The number of nitrogens with two attached hydrogens (primary N) is 2. The van der Waals surface area contributed by atoms with Crippen molar-refractivity contribution >= 4 is 85.7 Å². The maximum Gasteiger partial charge on any atom is 0.410 e. The third kappa shape index (κ3) is 13.2. The molecule has 77 heavy (non-hydrogen) atoms. The number of nitrogen functional groups attached to an aromatic ring is 2. The molecule has 0 spiro atoms. The number of carboxylic acids is 1. The molecule has 404 valence electrons. The van der Waals surface area contributed by atoms with E-state index in [2.05, 4.69) is 117 Å². The summed E-state index contributed by atoms with van der Waals surface area (Å²) in [6.07, 6.45) is -0.438. The maximum absolute atomic E-state index is 13.6. The number of anilines is 2. The SMILES string of the molecule is C.CC(C)(C)O[C@@H]1CC(c2nc3ccc(I)cc3[nH]2)N(C(=O)OCC2c3ccccc3-c3ccccc32)C1.CC(C)(C)O[C@@H]1C[C@@H](C(=O)O)N(C(=O)OCC2c3ccccc3-c3ccccc32)C1.Nc1ccc(I)cc1N. The summed E-state index contributed by atoms with van der Waals surface area (Å²) < 4.78 is 26.2. The van der Waals surface area contributed by atoms with Gasteiger partial charge in [-0.15, -0.1) is 0 Å². The number of hydrogen-bond acceptors (Lipinski definition) is 10. The van der Waals surface area contributed by atoms with Gasteiger partial charge in [0.2, 0.25) is 0 Å². The Kier molecular flexibility index (Phi) is 17.6. The highest BCUT2D eigenvalue weighted by molar-refractivity contribution is 14.1. The second-order valence-electron chi connectivity index (χ2n) is 21.5. The van der Waals surface area contributed by atoms with Gasteiger partial charge in [-0.2, -0.15) is 0 Å². The van der Waals surface area contributed by atoms with Crippen molar-refractivity contribution < 1.29 is 38.4 Å². The Morgan fingerprint density at radius 3 is 1.49 bits per heavy atom. The molecule has 0 bridgehead atoms. The van der Waals surface area contributed by atoms with Crippen molar-refractivity contribution in [3.05, 3.63) is 169 Å². The number of fused-ring (bicyclic) bond motifs is 7. The number of amides is 2. The van der Waals surface area contributed by atoms with Crippen molar-refractivity contribution in [3.8, 4) is 22.3 Å². The van der Waals surface area contributed by atoms with Crippen molar-refractivity contribution in [1.29, 1.82) is 0 Å². The van der Waals surface area contributed by atoms with E-state index in [-0.39, 0.29) is 68.8 Å². The van der Waals surface area contributed by atoms with Crippen molar-refractivity contribution in [2.24, 2.45) is 0 Å². The first-order valence-electron chi connectivity index (χ1n) is 25.5. The number of hydrogen-bond donors (Lipinski definition) is 4. The average molecular weight is 1270 g/mol. The number of aromatic amines is 1. The zero-order valence-corrected chi connectivity index (χ0v) is 47.8. The van der Waals surface area contributed by atoms with Gasteiger partial charge in [0.15, 0.2) is 0 Å². The van der Waals surface area contributed by atoms with Crippen LogP contribution in [-0.4, -0.2) is 98.8 Å². The molecule has 0 radical (unpaired) electrons. The van der Waals surface area contributed by atoms with Gasteiger partial charge in [-0.25, -0.2) is 19.4 Å². The van der Waals surface area contributed by atoms with E-state index >= 15 is 0 Å². The number of imidazole rings is 1. The zero-order chi connectivity index (χ0) is 54.1. The number of ether oxygens (including phenoxy) is 4. The van der Waals surface area contributed by atoms with Crippen molar-refractivity contribution in [1.82, 2.24) is 19.8 Å². The summed E-state index contributed by atoms with van der Waals surface area (Å²) in [6, 6.07) is 43.5. The van der Waals surface area contributed by atoms with Gasteiger partial charge >= 0.3 is 18.2 Å². The third-order valence-electron chi connectivity index (χ3n) is 13.8. The largest absolute Gasteiger partial charge is 0.480 e. The number of H-pyrrole nitrogens is 1. The third-order valence-corrected chi connectivity index (χ3v) is 15.2. The second kappa shape index (κ2) is 23.8. The molecule has 7 aromatic rings. The van der Waals surface area contributed by atoms with E-state index in [1.165, 1.54) is 27.2 Å². The molecule has 1 unspecified atom stereocenters. The van der Waals surface area contributed by atoms with Crippen LogP contribution in [0.25, 0.3) is 33.3 Å². The lowest BCUT2D eigenvalue weighted by atomic mass is 9.98. The first-order valence-corrected chi connectivity index (χ1v) is 27.6. The first kappa shape index (κ1) is 57.0. The van der Waals surface area contributed by atoms with Crippen LogP contribution in [0.5, 0.6) is 0 Å². The second-order valence-corrected chi connectivity index (χ2v) is 24.0. The molecule has 4 atom stereocenters. The zero-order valence-electron chi connectivity index (χ0n) is 43.5. The number of benzene rings is 6. The summed E-state index contributed by atoms with van der Waals surface area (Å²) in [6.45, 7) is 13.0. The minimum atomic E-state index is -1.04. The minimum Gasteiger partial charge on any atom is -0.480 e. The van der Waals surface area contributed by atoms with Gasteiger partial charge in [-0.3, -0.25) is 9.80 Å². The van der Waals surface area contributed by atoms with E-state index in [0.29, 0.717) is 30.9 Å². The highest BCUT2D eigenvalue weighted by atomic mass is 127. The Hall–Kier alpha value is -6.22. The molecule has 11 rings (SSSR count). The Bertz CT molecular complexity index is 3170. The van der Waals surface area contributed by atoms with E-state index in [4.69, 9.17) is 35.4 Å². The smallest absolute Gasteiger partial charge is 0.410 e. The predicted molar refractivity (Wildman–Crippen MR) is 320 cm³/mol. The molecule has 3 heterocycles. The number of likely N-dealkylation sites (tertiary alicyclic amines) is 2. The van der Waals surface area contributed by atoms with Crippen molar-refractivity contribution in [2.75, 3.05) is 37.8 Å². The Labute approximate surface area is 478 Å². The van der Waals surface area contributed by atoms with E-state index in [9.17, 15) is 19.5 Å². The molecule has 2 amide bonds. The number of nitrogens with zero attached hydrogens (tertiary/aromatic N) is 3. The van der Waals surface area contributed by atoms with Gasteiger partial charge in [0.25, 0.3) is 0 Å². The highest BCUT2D eigenvalue weighted by Gasteiger charge is 2.44. The number of carboxylic acid groups (broad SMARTS) is 1. The van der Waals surface area contributed by atoms with Crippen LogP contribution < -0.4 is 11.5 Å². The fraction of sp³-hybridized carbons (Fsp3) is 0.344. The normalized spacial score (nSPS) is 18.4. The molecule has 6 aromatic carbocycles. The molecule has 2 aliphatic heterocycles. The summed E-state index contributed by atoms with van der Waals surface area (Å²) in [5, 5.41) is 9.58. The number of aliphatic carboxylic acids is 1. The lowest BCUT2D eigenvalue weighted by Crippen LogP contribution is -2.41. The molecule has 2 aliphatic carbocycles. The van der Waals surface area contributed by atoms with Crippen LogP contribution in [0.4, 0.5) is 21.0 Å². The Morgan fingerprint density at radius 2 is 1.04 bits per heavy atom. The monoisotopic (exact) mass is 1270 g/mol. The fourth-order valence-electron chi connectivity index (χ4n) is 10.7. The molecule has 6 N–H and O–H groups in total. The fourth-order valence-corrected chi connectivity index (χ4v) is 11.7. The van der Waals surface area contributed by atoms with Gasteiger partial charge in [0.1, 0.15) is 25.1 Å². The maximum atomic E-state index is 13.6. The Balaban J connectivity index is 0.000000176. The molecule has 14 nitrogen and oxygen atoms in total. The molecule has 0 saturated carbocycles. The van der Waals surface area contributed by atoms with Crippen LogP contribution in [0, 0.1) is 7.14 Å². The van der Waals surface area contributed by atoms with Crippen molar-refractivity contribution in [2.45, 2.75) is 109 Å². The highest BCUT2D eigenvalue weighted by Crippen LogP contribution is 2.46. The average Bonchev–Trinajstić information content (AvgIpc) is 4.35.